The van der Waals surface area contributed by atoms with Crippen LogP contribution in [0.2, 0.25) is 0 Å². The molecular weight excluding hydrogens is 174 g/mol. The minimum absolute atomic E-state index is 0.00148. The van der Waals surface area contributed by atoms with Gasteiger partial charge in [-0.1, -0.05) is 27.0 Å². The molecule has 2 heterocycles. The molecule has 1 unspecified atom stereocenters. The van der Waals surface area contributed by atoms with Gasteiger partial charge in [-0.25, -0.2) is 0 Å². The van der Waals surface area contributed by atoms with E-state index in [9.17, 15) is 4.79 Å². The lowest BCUT2D eigenvalue weighted by Crippen LogP contribution is -2.49. The van der Waals surface area contributed by atoms with Gasteiger partial charge in [-0.3, -0.25) is 4.79 Å². The number of amides is 1. The van der Waals surface area contributed by atoms with Crippen LogP contribution in [0.4, 0.5) is 0 Å². The van der Waals surface area contributed by atoms with Crippen LogP contribution in [0.15, 0.2) is 24.3 Å². The molecule has 0 aromatic carbocycles. The smallest absolute Gasteiger partial charge is 0.223 e. The van der Waals surface area contributed by atoms with E-state index >= 15 is 0 Å². The van der Waals surface area contributed by atoms with Crippen LogP contribution in [-0.2, 0) is 4.79 Å². The maximum atomic E-state index is 11.6. The third kappa shape index (κ3) is 1.06. The normalized spacial score (nSPS) is 30.9. The van der Waals surface area contributed by atoms with Crippen molar-refractivity contribution < 1.29 is 4.79 Å². The van der Waals surface area contributed by atoms with Crippen molar-refractivity contribution in [1.29, 1.82) is 0 Å². The predicted octanol–water partition coefficient (Wildman–Crippen LogP) is 2.13. The van der Waals surface area contributed by atoms with Gasteiger partial charge in [0.2, 0.25) is 5.91 Å². The zero-order valence-electron chi connectivity index (χ0n) is 8.97. The summed E-state index contributed by atoms with van der Waals surface area (Å²) in [5.74, 6) is 0.275. The number of piperidine rings is 1. The first kappa shape index (κ1) is 9.50. The number of carbonyl (C=O) groups is 1. The molecule has 0 spiro atoms. The molecule has 0 aliphatic carbocycles. The summed E-state index contributed by atoms with van der Waals surface area (Å²) in [7, 11) is 0. The lowest BCUT2D eigenvalue weighted by atomic mass is 9.71. The first-order valence-corrected chi connectivity index (χ1v) is 5.11. The zero-order valence-corrected chi connectivity index (χ0v) is 8.97. The Morgan fingerprint density at radius 2 is 2.07 bits per heavy atom. The van der Waals surface area contributed by atoms with Gasteiger partial charge in [0.1, 0.15) is 0 Å². The van der Waals surface area contributed by atoms with Crippen LogP contribution in [0.5, 0.6) is 0 Å². The Morgan fingerprint density at radius 3 is 2.71 bits per heavy atom. The van der Waals surface area contributed by atoms with Crippen molar-refractivity contribution in [3.63, 3.8) is 0 Å². The van der Waals surface area contributed by atoms with E-state index in [2.05, 4.69) is 27.0 Å². The highest BCUT2D eigenvalue weighted by atomic mass is 16.2. The Kier molecular flexibility index (Phi) is 1.85. The molecule has 0 aromatic rings. The molecule has 0 saturated carbocycles. The zero-order chi connectivity index (χ0) is 10.5. The summed E-state index contributed by atoms with van der Waals surface area (Å²) in [6.07, 6.45) is 1.66. The van der Waals surface area contributed by atoms with Crippen molar-refractivity contribution in [3.8, 4) is 0 Å². The second-order valence-corrected chi connectivity index (χ2v) is 4.88. The highest BCUT2D eigenvalue weighted by Crippen LogP contribution is 2.45. The van der Waals surface area contributed by atoms with Crippen LogP contribution < -0.4 is 0 Å². The van der Waals surface area contributed by atoms with Crippen LogP contribution in [-0.4, -0.2) is 23.4 Å². The fourth-order valence-corrected chi connectivity index (χ4v) is 2.64. The number of nitrogens with zero attached hydrogens (tertiary/aromatic N) is 1. The molecule has 0 N–H and O–H groups in total. The van der Waals surface area contributed by atoms with E-state index < -0.39 is 0 Å². The molecule has 0 radical (unpaired) electrons. The Hall–Kier alpha value is -1.05. The summed E-state index contributed by atoms with van der Waals surface area (Å²) < 4.78 is 0. The predicted molar refractivity (Wildman–Crippen MR) is 56.8 cm³/mol. The van der Waals surface area contributed by atoms with Gasteiger partial charge in [0.05, 0.1) is 0 Å². The number of carbonyl (C=O) groups excluding carboxylic acids is 1. The molecule has 2 heteroatoms. The fraction of sp³-hybridized carbons (Fsp3) is 0.583. The molecule has 1 amide bonds. The minimum Gasteiger partial charge on any atom is -0.335 e. The SMILES string of the molecule is C=C1CN2C(=O)CCC2C(C)(C)C1=C. The van der Waals surface area contributed by atoms with Gasteiger partial charge in [0.25, 0.3) is 0 Å². The molecule has 2 aliphatic rings. The summed E-state index contributed by atoms with van der Waals surface area (Å²) >= 11 is 0. The average molecular weight is 191 g/mol. The maximum Gasteiger partial charge on any atom is 0.223 e. The fourth-order valence-electron chi connectivity index (χ4n) is 2.64. The summed E-state index contributed by atoms with van der Waals surface area (Å²) in [6.45, 7) is 13.1. The van der Waals surface area contributed by atoms with Gasteiger partial charge < -0.3 is 4.90 Å². The van der Waals surface area contributed by atoms with Gasteiger partial charge >= 0.3 is 0 Å². The molecule has 76 valence electrons. The molecule has 1 atom stereocenters. The third-order valence-corrected chi connectivity index (χ3v) is 3.73. The van der Waals surface area contributed by atoms with E-state index in [-0.39, 0.29) is 11.3 Å². The molecule has 2 rings (SSSR count). The highest BCUT2D eigenvalue weighted by molar-refractivity contribution is 5.80. The summed E-state index contributed by atoms with van der Waals surface area (Å²) in [5, 5.41) is 0. The van der Waals surface area contributed by atoms with Gasteiger partial charge in [0.15, 0.2) is 0 Å². The number of fused-ring (bicyclic) bond motifs is 1. The largest absolute Gasteiger partial charge is 0.335 e. The third-order valence-electron chi connectivity index (χ3n) is 3.73. The summed E-state index contributed by atoms with van der Waals surface area (Å²) in [6, 6.07) is 0.341. The minimum atomic E-state index is 0.00148. The first-order valence-electron chi connectivity index (χ1n) is 5.11. The van der Waals surface area contributed by atoms with Crippen molar-refractivity contribution in [2.45, 2.75) is 32.7 Å². The first-order chi connectivity index (χ1) is 6.44. The van der Waals surface area contributed by atoms with Crippen molar-refractivity contribution in [2.75, 3.05) is 6.54 Å². The quantitative estimate of drug-likeness (QED) is 0.574. The number of hydrogen-bond acceptors (Lipinski definition) is 1. The van der Waals surface area contributed by atoms with Crippen molar-refractivity contribution in [1.82, 2.24) is 4.90 Å². The number of hydrogen-bond donors (Lipinski definition) is 0. The van der Waals surface area contributed by atoms with E-state index in [0.717, 1.165) is 17.6 Å². The van der Waals surface area contributed by atoms with E-state index in [1.54, 1.807) is 0 Å². The van der Waals surface area contributed by atoms with Gasteiger partial charge in [-0.15, -0.1) is 0 Å². The lowest BCUT2D eigenvalue weighted by molar-refractivity contribution is -0.130. The molecule has 2 fully saturated rings. The Morgan fingerprint density at radius 1 is 1.43 bits per heavy atom. The van der Waals surface area contributed by atoms with Crippen molar-refractivity contribution in [3.05, 3.63) is 24.3 Å². The molecule has 2 nitrogen and oxygen atoms in total. The topological polar surface area (TPSA) is 20.3 Å². The number of rotatable bonds is 0. The molecule has 0 aromatic heterocycles. The van der Waals surface area contributed by atoms with E-state index in [4.69, 9.17) is 0 Å². The van der Waals surface area contributed by atoms with Crippen LogP contribution in [0.25, 0.3) is 0 Å². The summed E-state index contributed by atoms with van der Waals surface area (Å²) in [4.78, 5) is 13.6. The standard InChI is InChI=1S/C12H17NO/c1-8-7-13-10(5-6-11(13)14)12(3,4)9(8)2/h10H,1-2,5-7H2,3-4H3. The van der Waals surface area contributed by atoms with Crippen LogP contribution >= 0.6 is 0 Å². The Bertz CT molecular complexity index is 327. The average Bonchev–Trinajstić information content (AvgIpc) is 2.46. The second-order valence-electron chi connectivity index (χ2n) is 4.88. The molecule has 14 heavy (non-hydrogen) atoms. The van der Waals surface area contributed by atoms with Crippen LogP contribution in [0.1, 0.15) is 26.7 Å². The van der Waals surface area contributed by atoms with Gasteiger partial charge in [-0.05, 0) is 17.6 Å². The van der Waals surface area contributed by atoms with Crippen molar-refractivity contribution in [2.24, 2.45) is 5.41 Å². The van der Waals surface area contributed by atoms with Crippen LogP contribution in [0.3, 0.4) is 0 Å². The van der Waals surface area contributed by atoms with Gasteiger partial charge in [0, 0.05) is 24.4 Å². The van der Waals surface area contributed by atoms with Crippen molar-refractivity contribution >= 4 is 5.91 Å². The molecule has 0 bridgehead atoms. The monoisotopic (exact) mass is 191 g/mol. The van der Waals surface area contributed by atoms with E-state index in [1.807, 2.05) is 4.90 Å². The highest BCUT2D eigenvalue weighted by Gasteiger charge is 2.46. The Labute approximate surface area is 85.3 Å². The second kappa shape index (κ2) is 2.72. The van der Waals surface area contributed by atoms with Crippen LogP contribution in [0, 0.1) is 5.41 Å². The Balaban J connectivity index is 2.38. The van der Waals surface area contributed by atoms with Gasteiger partial charge in [-0.2, -0.15) is 0 Å². The molecular formula is C12H17NO. The summed E-state index contributed by atoms with van der Waals surface area (Å²) in [5.41, 5.74) is 2.14. The van der Waals surface area contributed by atoms with E-state index in [1.165, 1.54) is 0 Å². The lowest BCUT2D eigenvalue weighted by Gasteiger charge is -2.45. The molecule has 2 saturated heterocycles. The maximum absolute atomic E-state index is 11.6. The van der Waals surface area contributed by atoms with E-state index in [0.29, 0.717) is 19.0 Å². The molecule has 2 aliphatic heterocycles.